The zero-order chi connectivity index (χ0) is 24.4. The fourth-order valence-electron chi connectivity index (χ4n) is 9.06. The highest BCUT2D eigenvalue weighted by Gasteiger charge is 2.61. The summed E-state index contributed by atoms with van der Waals surface area (Å²) in [6.07, 6.45) is 11.2. The molecule has 5 heteroatoms. The van der Waals surface area contributed by atoms with Gasteiger partial charge in [-0.3, -0.25) is 14.6 Å². The van der Waals surface area contributed by atoms with Crippen molar-refractivity contribution in [2.24, 2.45) is 39.5 Å². The Balaban J connectivity index is 1.29. The van der Waals surface area contributed by atoms with Crippen LogP contribution in [0.25, 0.3) is 0 Å². The van der Waals surface area contributed by atoms with E-state index in [0.29, 0.717) is 53.4 Å². The van der Waals surface area contributed by atoms with E-state index in [9.17, 15) is 9.59 Å². The maximum atomic E-state index is 14.4. The molecule has 0 spiro atoms. The first-order valence-corrected chi connectivity index (χ1v) is 14.3. The third-order valence-corrected chi connectivity index (χ3v) is 11.3. The summed E-state index contributed by atoms with van der Waals surface area (Å²) in [6, 6.07) is 8.22. The number of ketones is 1. The van der Waals surface area contributed by atoms with Gasteiger partial charge in [0.2, 0.25) is 5.91 Å². The van der Waals surface area contributed by atoms with Gasteiger partial charge < -0.3 is 4.90 Å². The van der Waals surface area contributed by atoms with Crippen LogP contribution in [0.2, 0.25) is 5.02 Å². The third kappa shape index (κ3) is 3.72. The lowest BCUT2D eigenvalue weighted by Gasteiger charge is -2.56. The summed E-state index contributed by atoms with van der Waals surface area (Å²) in [7, 11) is 0. The fourth-order valence-corrected chi connectivity index (χ4v) is 9.19. The SMILES string of the molecule is C[C@]12CCC(=O)CC1=NC[C@@H]1[C@H]2CC[C@]2(C)C(C(=O)N(c3ccc(Cl)cc3)C3CCCC3)CC[C@@H]12. The molecule has 5 aliphatic rings. The van der Waals surface area contributed by atoms with Gasteiger partial charge in [-0.2, -0.15) is 0 Å². The van der Waals surface area contributed by atoms with E-state index in [1.165, 1.54) is 18.6 Å². The molecular weight excluding hydrogens is 456 g/mol. The second-order valence-corrected chi connectivity index (χ2v) is 13.0. The molecule has 188 valence electrons. The van der Waals surface area contributed by atoms with E-state index in [1.807, 2.05) is 24.3 Å². The van der Waals surface area contributed by atoms with Gasteiger partial charge in [0.25, 0.3) is 0 Å². The summed E-state index contributed by atoms with van der Waals surface area (Å²) >= 11 is 6.20. The Morgan fingerprint density at radius 1 is 1.00 bits per heavy atom. The first-order chi connectivity index (χ1) is 16.8. The number of hydrogen-bond donors (Lipinski definition) is 0. The third-order valence-electron chi connectivity index (χ3n) is 11.0. The van der Waals surface area contributed by atoms with Gasteiger partial charge in [0.05, 0.1) is 0 Å². The van der Waals surface area contributed by atoms with Gasteiger partial charge in [-0.05, 0) is 92.4 Å². The van der Waals surface area contributed by atoms with Crippen LogP contribution in [-0.4, -0.2) is 30.0 Å². The number of Topliss-reactive ketones (excluding diaryl/α,β-unsaturated/α-hetero) is 1. The largest absolute Gasteiger partial charge is 0.309 e. The van der Waals surface area contributed by atoms with E-state index in [1.54, 1.807) is 0 Å². The van der Waals surface area contributed by atoms with Gasteiger partial charge in [-0.1, -0.05) is 38.3 Å². The first-order valence-electron chi connectivity index (χ1n) is 14.0. The molecule has 4 fully saturated rings. The molecule has 0 aromatic heterocycles. The van der Waals surface area contributed by atoms with Crippen molar-refractivity contribution < 1.29 is 9.59 Å². The molecule has 1 unspecified atom stereocenters. The minimum absolute atomic E-state index is 0.0371. The molecule has 1 aromatic carbocycles. The molecule has 1 aliphatic heterocycles. The van der Waals surface area contributed by atoms with Crippen LogP contribution in [0.1, 0.15) is 84.5 Å². The summed E-state index contributed by atoms with van der Waals surface area (Å²) in [6.45, 7) is 5.66. The van der Waals surface area contributed by atoms with Gasteiger partial charge in [0.15, 0.2) is 0 Å². The highest BCUT2D eigenvalue weighted by Crippen LogP contribution is 2.64. The molecule has 1 amide bonds. The summed E-state index contributed by atoms with van der Waals surface area (Å²) < 4.78 is 0. The number of nitrogens with zero attached hydrogens (tertiary/aromatic N) is 2. The van der Waals surface area contributed by atoms with Crippen molar-refractivity contribution in [3.05, 3.63) is 29.3 Å². The van der Waals surface area contributed by atoms with Crippen molar-refractivity contribution in [2.75, 3.05) is 11.4 Å². The van der Waals surface area contributed by atoms with Crippen LogP contribution < -0.4 is 4.90 Å². The minimum atomic E-state index is 0.0371. The topological polar surface area (TPSA) is 49.7 Å². The number of fused-ring (bicyclic) bond motifs is 5. The second kappa shape index (κ2) is 8.71. The van der Waals surface area contributed by atoms with E-state index in [4.69, 9.17) is 16.6 Å². The van der Waals surface area contributed by atoms with E-state index in [2.05, 4.69) is 18.7 Å². The zero-order valence-corrected chi connectivity index (χ0v) is 22.0. The molecule has 1 aromatic rings. The quantitative estimate of drug-likeness (QED) is 0.459. The second-order valence-electron chi connectivity index (χ2n) is 12.6. The lowest BCUT2D eigenvalue weighted by molar-refractivity contribution is -0.129. The van der Waals surface area contributed by atoms with E-state index < -0.39 is 0 Å². The lowest BCUT2D eigenvalue weighted by Crippen LogP contribution is -2.55. The van der Waals surface area contributed by atoms with E-state index in [0.717, 1.165) is 57.2 Å². The molecular formula is C30H39ClN2O2. The average Bonchev–Trinajstić information content (AvgIpc) is 3.48. The molecule has 4 saturated carbocycles. The smallest absolute Gasteiger partial charge is 0.230 e. The molecule has 1 heterocycles. The van der Waals surface area contributed by atoms with E-state index >= 15 is 0 Å². The Bertz CT molecular complexity index is 1040. The number of halogens is 1. The Kier molecular flexibility index (Phi) is 5.90. The molecule has 0 saturated heterocycles. The molecule has 6 rings (SSSR count). The normalized spacial score (nSPS) is 38.9. The van der Waals surface area contributed by atoms with Gasteiger partial charge in [0, 0.05) is 53.2 Å². The maximum Gasteiger partial charge on any atom is 0.230 e. The molecule has 0 radical (unpaired) electrons. The van der Waals surface area contributed by atoms with Crippen LogP contribution in [0.15, 0.2) is 29.3 Å². The molecule has 4 aliphatic carbocycles. The number of hydrogen-bond acceptors (Lipinski definition) is 3. The van der Waals surface area contributed by atoms with Crippen LogP contribution >= 0.6 is 11.6 Å². The highest BCUT2D eigenvalue weighted by atomic mass is 35.5. The molecule has 6 atom stereocenters. The average molecular weight is 495 g/mol. The van der Waals surface area contributed by atoms with Crippen molar-refractivity contribution >= 4 is 34.7 Å². The lowest BCUT2D eigenvalue weighted by atomic mass is 9.49. The van der Waals surface area contributed by atoms with Crippen LogP contribution in [0.5, 0.6) is 0 Å². The summed E-state index contributed by atoms with van der Waals surface area (Å²) in [5.41, 5.74) is 2.31. The standard InChI is InChI=1S/C30H39ClN2O2/c1-29-16-14-25-23(18-32-27-17-22(34)13-15-30(25,27)2)24(29)11-12-26(29)28(35)33(20-5-3-4-6-20)21-9-7-19(31)8-10-21/h7-10,20,23-26H,3-6,11-18H2,1-2H3/t23-,24-,25+,26?,29-,30+/m0/s1. The maximum absolute atomic E-state index is 14.4. The zero-order valence-electron chi connectivity index (χ0n) is 21.3. The van der Waals surface area contributed by atoms with Crippen LogP contribution in [0.3, 0.4) is 0 Å². The van der Waals surface area contributed by atoms with Crippen LogP contribution in [-0.2, 0) is 9.59 Å². The predicted octanol–water partition coefficient (Wildman–Crippen LogP) is 6.89. The van der Waals surface area contributed by atoms with Crippen molar-refractivity contribution in [3.63, 3.8) is 0 Å². The molecule has 35 heavy (non-hydrogen) atoms. The predicted molar refractivity (Wildman–Crippen MR) is 141 cm³/mol. The van der Waals surface area contributed by atoms with Crippen LogP contribution in [0.4, 0.5) is 5.69 Å². The number of aliphatic imine (C=N–C) groups is 1. The number of rotatable bonds is 3. The van der Waals surface area contributed by atoms with Crippen molar-refractivity contribution in [1.29, 1.82) is 0 Å². The number of carbonyl (C=O) groups excluding carboxylic acids is 2. The first kappa shape index (κ1) is 23.7. The van der Waals surface area contributed by atoms with Crippen molar-refractivity contribution in [3.8, 4) is 0 Å². The molecule has 0 N–H and O–H groups in total. The Labute approximate surface area is 214 Å². The molecule has 4 nitrogen and oxygen atoms in total. The summed E-state index contributed by atoms with van der Waals surface area (Å²) in [5, 5.41) is 0.717. The van der Waals surface area contributed by atoms with Crippen molar-refractivity contribution in [2.45, 2.75) is 90.5 Å². The number of carbonyl (C=O) groups is 2. The van der Waals surface area contributed by atoms with Gasteiger partial charge in [-0.25, -0.2) is 0 Å². The van der Waals surface area contributed by atoms with Gasteiger partial charge in [0.1, 0.15) is 5.78 Å². The molecule has 0 bridgehead atoms. The monoisotopic (exact) mass is 494 g/mol. The van der Waals surface area contributed by atoms with Gasteiger partial charge >= 0.3 is 0 Å². The summed E-state index contributed by atoms with van der Waals surface area (Å²) in [5.74, 6) is 2.49. The minimum Gasteiger partial charge on any atom is -0.309 e. The fraction of sp³-hybridized carbons (Fsp3) is 0.700. The Hall–Kier alpha value is -1.68. The number of anilines is 1. The van der Waals surface area contributed by atoms with Gasteiger partial charge in [-0.15, -0.1) is 0 Å². The van der Waals surface area contributed by atoms with E-state index in [-0.39, 0.29) is 16.7 Å². The van der Waals surface area contributed by atoms with Crippen molar-refractivity contribution in [1.82, 2.24) is 0 Å². The number of benzene rings is 1. The highest BCUT2D eigenvalue weighted by molar-refractivity contribution is 6.30. The summed E-state index contributed by atoms with van der Waals surface area (Å²) in [4.78, 5) is 33.8. The number of amides is 1. The Morgan fingerprint density at radius 2 is 1.74 bits per heavy atom. The Morgan fingerprint density at radius 3 is 2.49 bits per heavy atom. The van der Waals surface area contributed by atoms with Crippen LogP contribution in [0, 0.1) is 34.5 Å².